The van der Waals surface area contributed by atoms with Crippen LogP contribution in [0.4, 0.5) is 8.78 Å². The molecule has 0 saturated heterocycles. The molecular formula is C19H23F2N3O2S. The Balaban J connectivity index is 1.77. The zero-order chi connectivity index (χ0) is 19.9. The van der Waals surface area contributed by atoms with Crippen molar-refractivity contribution in [3.8, 4) is 0 Å². The molecule has 2 aromatic rings. The van der Waals surface area contributed by atoms with Gasteiger partial charge in [-0.05, 0) is 42.2 Å². The first-order chi connectivity index (χ1) is 12.8. The summed E-state index contributed by atoms with van der Waals surface area (Å²) >= 11 is 0. The van der Waals surface area contributed by atoms with Crippen LogP contribution in [0.1, 0.15) is 11.1 Å². The summed E-state index contributed by atoms with van der Waals surface area (Å²) in [5.74, 6) is -0.575. The molecule has 2 aromatic carbocycles. The van der Waals surface area contributed by atoms with Gasteiger partial charge in [0.1, 0.15) is 11.6 Å². The van der Waals surface area contributed by atoms with E-state index in [0.717, 1.165) is 11.6 Å². The van der Waals surface area contributed by atoms with Gasteiger partial charge in [0.05, 0.1) is 4.90 Å². The van der Waals surface area contributed by atoms with Crippen molar-refractivity contribution in [2.24, 2.45) is 4.99 Å². The normalized spacial score (nSPS) is 12.1. The van der Waals surface area contributed by atoms with Crippen molar-refractivity contribution in [2.75, 3.05) is 26.4 Å². The Morgan fingerprint density at radius 1 is 1.00 bits per heavy atom. The van der Waals surface area contributed by atoms with Crippen LogP contribution in [0.25, 0.3) is 0 Å². The van der Waals surface area contributed by atoms with E-state index in [1.165, 1.54) is 18.4 Å². The molecule has 0 atom stereocenters. The first-order valence-corrected chi connectivity index (χ1v) is 10.4. The van der Waals surface area contributed by atoms with E-state index in [4.69, 9.17) is 0 Å². The van der Waals surface area contributed by atoms with Gasteiger partial charge in [-0.3, -0.25) is 4.99 Å². The van der Waals surface area contributed by atoms with Crippen LogP contribution in [0, 0.1) is 11.6 Å². The van der Waals surface area contributed by atoms with Gasteiger partial charge < -0.3 is 10.6 Å². The highest BCUT2D eigenvalue weighted by atomic mass is 32.2. The quantitative estimate of drug-likeness (QED) is 0.558. The maximum absolute atomic E-state index is 13.6. The van der Waals surface area contributed by atoms with E-state index in [-0.39, 0.29) is 0 Å². The number of hydrogen-bond donors (Lipinski definition) is 2. The van der Waals surface area contributed by atoms with Crippen molar-refractivity contribution in [3.63, 3.8) is 0 Å². The highest BCUT2D eigenvalue weighted by Gasteiger charge is 2.07. The van der Waals surface area contributed by atoms with Gasteiger partial charge in [0.25, 0.3) is 0 Å². The molecule has 0 aromatic heterocycles. The van der Waals surface area contributed by atoms with Crippen molar-refractivity contribution < 1.29 is 17.2 Å². The lowest BCUT2D eigenvalue weighted by Crippen LogP contribution is -2.39. The van der Waals surface area contributed by atoms with Gasteiger partial charge in [0.2, 0.25) is 0 Å². The van der Waals surface area contributed by atoms with Crippen molar-refractivity contribution in [1.82, 2.24) is 10.6 Å². The van der Waals surface area contributed by atoms with E-state index in [1.54, 1.807) is 31.3 Å². The van der Waals surface area contributed by atoms with Crippen LogP contribution in [-0.4, -0.2) is 40.8 Å². The summed E-state index contributed by atoms with van der Waals surface area (Å²) in [6, 6.07) is 10.3. The van der Waals surface area contributed by atoms with Gasteiger partial charge in [-0.15, -0.1) is 0 Å². The van der Waals surface area contributed by atoms with Gasteiger partial charge in [0.15, 0.2) is 15.8 Å². The Labute approximate surface area is 158 Å². The molecule has 0 aliphatic carbocycles. The summed E-state index contributed by atoms with van der Waals surface area (Å²) in [6.07, 6.45) is 2.27. The van der Waals surface area contributed by atoms with Gasteiger partial charge in [-0.1, -0.05) is 18.2 Å². The topological polar surface area (TPSA) is 70.6 Å². The fourth-order valence-electron chi connectivity index (χ4n) is 2.49. The fraction of sp³-hybridized carbons (Fsp3) is 0.316. The van der Waals surface area contributed by atoms with E-state index < -0.39 is 21.5 Å². The van der Waals surface area contributed by atoms with Gasteiger partial charge in [-0.25, -0.2) is 17.2 Å². The highest BCUT2D eigenvalue weighted by molar-refractivity contribution is 7.90. The molecule has 0 amide bonds. The molecule has 0 fully saturated rings. The molecule has 0 radical (unpaired) electrons. The summed E-state index contributed by atoms with van der Waals surface area (Å²) in [6.45, 7) is 1.05. The largest absolute Gasteiger partial charge is 0.356 e. The maximum atomic E-state index is 13.6. The second-order valence-electron chi connectivity index (χ2n) is 6.08. The number of guanidine groups is 1. The fourth-order valence-corrected chi connectivity index (χ4v) is 3.12. The smallest absolute Gasteiger partial charge is 0.190 e. The Morgan fingerprint density at radius 2 is 1.63 bits per heavy atom. The van der Waals surface area contributed by atoms with Crippen LogP contribution in [0.2, 0.25) is 0 Å². The third kappa shape index (κ3) is 6.63. The van der Waals surface area contributed by atoms with Crippen LogP contribution in [0.3, 0.4) is 0 Å². The lowest BCUT2D eigenvalue weighted by molar-refractivity contribution is 0.570. The van der Waals surface area contributed by atoms with Crippen LogP contribution in [0.5, 0.6) is 0 Å². The lowest BCUT2D eigenvalue weighted by Gasteiger charge is -2.12. The Bertz CT molecular complexity index is 898. The summed E-state index contributed by atoms with van der Waals surface area (Å²) in [4.78, 5) is 4.39. The van der Waals surface area contributed by atoms with Crippen LogP contribution in [-0.2, 0) is 22.7 Å². The summed E-state index contributed by atoms with van der Waals surface area (Å²) in [5, 5.41) is 6.21. The maximum Gasteiger partial charge on any atom is 0.190 e. The van der Waals surface area contributed by atoms with Crippen LogP contribution in [0.15, 0.2) is 52.4 Å². The lowest BCUT2D eigenvalue weighted by atomic mass is 10.1. The first kappa shape index (κ1) is 20.8. The number of nitrogens with one attached hydrogen (secondary N) is 2. The molecule has 27 heavy (non-hydrogen) atoms. The van der Waals surface area contributed by atoms with E-state index in [2.05, 4.69) is 15.6 Å². The number of halogens is 2. The van der Waals surface area contributed by atoms with Gasteiger partial charge in [0, 0.05) is 32.5 Å². The standard InChI is InChI=1S/C19H23F2N3O2S/c1-22-19(24-12-10-15-5-6-16(20)13-18(15)21)23-11-9-14-3-7-17(8-4-14)27(2,25)26/h3-8,13H,9-12H2,1-2H3,(H2,22,23,24). The second-order valence-corrected chi connectivity index (χ2v) is 8.09. The minimum atomic E-state index is -3.19. The van der Waals surface area contributed by atoms with Crippen molar-refractivity contribution in [1.29, 1.82) is 0 Å². The molecule has 0 saturated carbocycles. The molecule has 0 aliphatic rings. The number of nitrogens with zero attached hydrogens (tertiary/aromatic N) is 1. The molecule has 2 rings (SSSR count). The molecule has 146 valence electrons. The average Bonchev–Trinajstić information content (AvgIpc) is 2.61. The van der Waals surface area contributed by atoms with E-state index in [0.29, 0.717) is 42.3 Å². The van der Waals surface area contributed by atoms with Gasteiger partial charge in [-0.2, -0.15) is 0 Å². The molecule has 0 bridgehead atoms. The van der Waals surface area contributed by atoms with Crippen LogP contribution < -0.4 is 10.6 Å². The minimum Gasteiger partial charge on any atom is -0.356 e. The van der Waals surface area contributed by atoms with E-state index in [1.807, 2.05) is 0 Å². The van der Waals surface area contributed by atoms with E-state index >= 15 is 0 Å². The first-order valence-electron chi connectivity index (χ1n) is 8.47. The second kappa shape index (κ2) is 9.45. The van der Waals surface area contributed by atoms with Crippen LogP contribution >= 0.6 is 0 Å². The summed E-state index contributed by atoms with van der Waals surface area (Å²) in [5.41, 5.74) is 1.43. The Hall–Kier alpha value is -2.48. The van der Waals surface area contributed by atoms with Gasteiger partial charge >= 0.3 is 0 Å². The highest BCUT2D eigenvalue weighted by Crippen LogP contribution is 2.11. The number of hydrogen-bond acceptors (Lipinski definition) is 3. The third-order valence-corrected chi connectivity index (χ3v) is 5.11. The zero-order valence-electron chi connectivity index (χ0n) is 15.3. The number of sulfone groups is 1. The monoisotopic (exact) mass is 395 g/mol. The van der Waals surface area contributed by atoms with Crippen molar-refractivity contribution in [2.45, 2.75) is 17.7 Å². The predicted molar refractivity (Wildman–Crippen MR) is 103 cm³/mol. The zero-order valence-corrected chi connectivity index (χ0v) is 16.1. The molecule has 2 N–H and O–H groups in total. The summed E-state index contributed by atoms with van der Waals surface area (Å²) in [7, 11) is -1.55. The molecule has 8 heteroatoms. The predicted octanol–water partition coefficient (Wildman–Crippen LogP) is 2.32. The van der Waals surface area contributed by atoms with Crippen molar-refractivity contribution >= 4 is 15.8 Å². The third-order valence-electron chi connectivity index (χ3n) is 3.98. The molecule has 5 nitrogen and oxygen atoms in total. The average molecular weight is 395 g/mol. The summed E-state index contributed by atoms with van der Waals surface area (Å²) < 4.78 is 49.4. The SMILES string of the molecule is CN=C(NCCc1ccc(S(C)(=O)=O)cc1)NCCc1ccc(F)cc1F. The van der Waals surface area contributed by atoms with Crippen molar-refractivity contribution in [3.05, 3.63) is 65.2 Å². The molecule has 0 spiro atoms. The minimum absolute atomic E-state index is 0.296. The number of aliphatic imine (C=N–C) groups is 1. The number of benzene rings is 2. The van der Waals surface area contributed by atoms with E-state index in [9.17, 15) is 17.2 Å². The Morgan fingerprint density at radius 3 is 2.19 bits per heavy atom. The molecular weight excluding hydrogens is 372 g/mol. The Kier molecular flexibility index (Phi) is 7.29. The molecule has 0 aliphatic heterocycles. The molecule has 0 unspecified atom stereocenters. The number of rotatable bonds is 7. The molecule has 0 heterocycles.